The van der Waals surface area contributed by atoms with Gasteiger partial charge in [0.25, 0.3) is 10.0 Å². The van der Waals surface area contributed by atoms with Crippen LogP contribution in [0.15, 0.2) is 10.3 Å². The normalized spacial score (nSPS) is 21.1. The summed E-state index contributed by atoms with van der Waals surface area (Å²) in [7, 11) is -3.39. The minimum atomic E-state index is -3.39. The fourth-order valence-electron chi connectivity index (χ4n) is 2.22. The van der Waals surface area contributed by atoms with E-state index in [1.165, 1.54) is 15.6 Å². The minimum absolute atomic E-state index is 0.0448. The summed E-state index contributed by atoms with van der Waals surface area (Å²) in [5.41, 5.74) is 1.04. The summed E-state index contributed by atoms with van der Waals surface area (Å²) in [6, 6.07) is 2.17. The van der Waals surface area contributed by atoms with Gasteiger partial charge in [-0.15, -0.1) is 11.3 Å². The van der Waals surface area contributed by atoms with Gasteiger partial charge in [0.05, 0.1) is 12.7 Å². The zero-order valence-corrected chi connectivity index (χ0v) is 14.7. The molecule has 1 aromatic heterocycles. The average Bonchev–Trinajstić information content (AvgIpc) is 2.78. The van der Waals surface area contributed by atoms with Crippen molar-refractivity contribution in [1.82, 2.24) is 9.62 Å². The fourth-order valence-corrected chi connectivity index (χ4v) is 5.41. The van der Waals surface area contributed by atoms with Crippen LogP contribution in [0.1, 0.15) is 31.2 Å². The van der Waals surface area contributed by atoms with E-state index in [0.29, 0.717) is 36.5 Å². The Bertz CT molecular complexity index is 581. The Morgan fingerprint density at radius 2 is 2.24 bits per heavy atom. The van der Waals surface area contributed by atoms with E-state index in [0.717, 1.165) is 10.4 Å². The molecule has 1 unspecified atom stereocenters. The molecule has 21 heavy (non-hydrogen) atoms. The number of rotatable bonds is 5. The highest BCUT2D eigenvalue weighted by molar-refractivity contribution is 7.91. The van der Waals surface area contributed by atoms with Gasteiger partial charge in [-0.25, -0.2) is 8.42 Å². The highest BCUT2D eigenvalue weighted by Crippen LogP contribution is 2.29. The Morgan fingerprint density at radius 3 is 2.86 bits per heavy atom. The summed E-state index contributed by atoms with van der Waals surface area (Å²) in [6.07, 6.45) is -0.0448. The number of morpholine rings is 1. The van der Waals surface area contributed by atoms with Crippen LogP contribution in [-0.2, 0) is 21.3 Å². The predicted octanol–water partition coefficient (Wildman–Crippen LogP) is 1.96. The standard InChI is InChI=1S/C14H24N2O3S2/c1-10(2)15-8-13-11(3)7-14(20-13)21(17,18)16-5-6-19-12(4)9-16/h7,10,12,15H,5-6,8-9H2,1-4H3. The van der Waals surface area contributed by atoms with E-state index in [9.17, 15) is 8.42 Å². The third-order valence-corrected chi connectivity index (χ3v) is 7.02. The van der Waals surface area contributed by atoms with Crippen LogP contribution in [0.4, 0.5) is 0 Å². The van der Waals surface area contributed by atoms with Crippen LogP contribution in [0.5, 0.6) is 0 Å². The molecule has 2 heterocycles. The second-order valence-corrected chi connectivity index (χ2v) is 9.05. The van der Waals surface area contributed by atoms with Gasteiger partial charge in [0.15, 0.2) is 0 Å². The first kappa shape index (κ1) is 16.9. The molecule has 0 amide bonds. The van der Waals surface area contributed by atoms with Gasteiger partial charge < -0.3 is 10.1 Å². The fraction of sp³-hybridized carbons (Fsp3) is 0.714. The maximum Gasteiger partial charge on any atom is 0.252 e. The minimum Gasteiger partial charge on any atom is -0.376 e. The van der Waals surface area contributed by atoms with Gasteiger partial charge in [0.2, 0.25) is 0 Å². The molecule has 0 aliphatic carbocycles. The smallest absolute Gasteiger partial charge is 0.252 e. The molecule has 1 saturated heterocycles. The molecule has 7 heteroatoms. The summed E-state index contributed by atoms with van der Waals surface area (Å²) < 4.78 is 32.8. The number of sulfonamides is 1. The van der Waals surface area contributed by atoms with Crippen LogP contribution in [-0.4, -0.2) is 44.6 Å². The molecule has 1 aromatic rings. The zero-order chi connectivity index (χ0) is 15.6. The lowest BCUT2D eigenvalue weighted by atomic mass is 10.3. The van der Waals surface area contributed by atoms with Gasteiger partial charge in [0.1, 0.15) is 4.21 Å². The number of nitrogens with one attached hydrogen (secondary N) is 1. The van der Waals surface area contributed by atoms with E-state index >= 15 is 0 Å². The Balaban J connectivity index is 2.18. The third kappa shape index (κ3) is 4.04. The van der Waals surface area contributed by atoms with Gasteiger partial charge in [0, 0.05) is 30.6 Å². The van der Waals surface area contributed by atoms with E-state index in [-0.39, 0.29) is 6.10 Å². The molecule has 0 aromatic carbocycles. The monoisotopic (exact) mass is 332 g/mol. The molecular weight excluding hydrogens is 308 g/mol. The van der Waals surface area contributed by atoms with Crippen molar-refractivity contribution in [2.45, 2.75) is 50.6 Å². The van der Waals surface area contributed by atoms with E-state index in [4.69, 9.17) is 4.74 Å². The molecular formula is C14H24N2O3S2. The summed E-state index contributed by atoms with van der Waals surface area (Å²) in [4.78, 5) is 1.09. The molecule has 1 fully saturated rings. The van der Waals surface area contributed by atoms with E-state index in [2.05, 4.69) is 19.2 Å². The molecule has 0 bridgehead atoms. The molecule has 0 radical (unpaired) electrons. The van der Waals surface area contributed by atoms with Gasteiger partial charge in [-0.2, -0.15) is 4.31 Å². The Kier molecular flexibility index (Phi) is 5.43. The highest BCUT2D eigenvalue weighted by atomic mass is 32.2. The van der Waals surface area contributed by atoms with Crippen LogP contribution in [0, 0.1) is 6.92 Å². The van der Waals surface area contributed by atoms with Crippen molar-refractivity contribution in [1.29, 1.82) is 0 Å². The molecule has 1 atom stereocenters. The molecule has 5 nitrogen and oxygen atoms in total. The van der Waals surface area contributed by atoms with Crippen LogP contribution in [0.2, 0.25) is 0 Å². The number of ether oxygens (including phenoxy) is 1. The largest absolute Gasteiger partial charge is 0.376 e. The lowest BCUT2D eigenvalue weighted by Gasteiger charge is -2.29. The lowest BCUT2D eigenvalue weighted by Crippen LogP contribution is -2.44. The van der Waals surface area contributed by atoms with Crippen molar-refractivity contribution in [2.24, 2.45) is 0 Å². The maximum absolute atomic E-state index is 12.7. The van der Waals surface area contributed by atoms with Crippen molar-refractivity contribution < 1.29 is 13.2 Å². The van der Waals surface area contributed by atoms with Crippen LogP contribution < -0.4 is 5.32 Å². The zero-order valence-electron chi connectivity index (χ0n) is 13.0. The van der Waals surface area contributed by atoms with Crippen LogP contribution in [0.3, 0.4) is 0 Å². The van der Waals surface area contributed by atoms with Crippen molar-refractivity contribution in [3.05, 3.63) is 16.5 Å². The summed E-state index contributed by atoms with van der Waals surface area (Å²) >= 11 is 1.37. The highest BCUT2D eigenvalue weighted by Gasteiger charge is 2.30. The molecule has 1 aliphatic rings. The second-order valence-electron chi connectivity index (χ2n) is 5.75. The Labute approximate surface area is 131 Å². The lowest BCUT2D eigenvalue weighted by molar-refractivity contribution is 0.0102. The number of hydrogen-bond donors (Lipinski definition) is 1. The quantitative estimate of drug-likeness (QED) is 0.895. The Hall–Kier alpha value is -0.470. The van der Waals surface area contributed by atoms with Gasteiger partial charge >= 0.3 is 0 Å². The molecule has 2 rings (SSSR count). The molecule has 1 N–H and O–H groups in total. The first-order valence-corrected chi connectivity index (χ1v) is 9.51. The topological polar surface area (TPSA) is 58.6 Å². The van der Waals surface area contributed by atoms with Crippen molar-refractivity contribution in [3.63, 3.8) is 0 Å². The third-order valence-electron chi connectivity index (χ3n) is 3.47. The van der Waals surface area contributed by atoms with Crippen molar-refractivity contribution in [3.8, 4) is 0 Å². The SMILES string of the molecule is Cc1cc(S(=O)(=O)N2CCOC(C)C2)sc1CNC(C)C. The average molecular weight is 332 g/mol. The van der Waals surface area contributed by atoms with Gasteiger partial charge in [-0.05, 0) is 25.5 Å². The predicted molar refractivity (Wildman–Crippen MR) is 85.2 cm³/mol. The number of nitrogens with zero attached hydrogens (tertiary/aromatic N) is 1. The number of aryl methyl sites for hydroxylation is 1. The van der Waals surface area contributed by atoms with E-state index < -0.39 is 10.0 Å². The summed E-state index contributed by atoms with van der Waals surface area (Å²) in [5.74, 6) is 0. The first-order valence-electron chi connectivity index (χ1n) is 7.25. The van der Waals surface area contributed by atoms with Crippen molar-refractivity contribution in [2.75, 3.05) is 19.7 Å². The second kappa shape index (κ2) is 6.75. The summed E-state index contributed by atoms with van der Waals surface area (Å²) in [5, 5.41) is 3.34. The molecule has 0 spiro atoms. The number of hydrogen-bond acceptors (Lipinski definition) is 5. The Morgan fingerprint density at radius 1 is 1.52 bits per heavy atom. The van der Waals surface area contributed by atoms with Crippen LogP contribution in [0.25, 0.3) is 0 Å². The molecule has 0 saturated carbocycles. The van der Waals surface area contributed by atoms with E-state index in [1.807, 2.05) is 13.8 Å². The number of thiophene rings is 1. The molecule has 120 valence electrons. The summed E-state index contributed by atoms with van der Waals surface area (Å²) in [6.45, 7) is 10.1. The maximum atomic E-state index is 12.7. The van der Waals surface area contributed by atoms with E-state index in [1.54, 1.807) is 6.07 Å². The van der Waals surface area contributed by atoms with Crippen LogP contribution >= 0.6 is 11.3 Å². The van der Waals surface area contributed by atoms with Crippen molar-refractivity contribution >= 4 is 21.4 Å². The van der Waals surface area contributed by atoms with Gasteiger partial charge in [-0.1, -0.05) is 13.8 Å². The molecule has 1 aliphatic heterocycles. The van der Waals surface area contributed by atoms with Gasteiger partial charge in [-0.3, -0.25) is 0 Å². The first-order chi connectivity index (χ1) is 9.80.